The molecule has 0 aliphatic carbocycles. The topological polar surface area (TPSA) is 27.7 Å². The molecule has 0 unspecified atom stereocenters. The molecule has 0 rings (SSSR count). The van der Waals surface area contributed by atoms with Crippen molar-refractivity contribution >= 4 is 25.0 Å². The van der Waals surface area contributed by atoms with Gasteiger partial charge in [-0.05, 0) is 0 Å². The van der Waals surface area contributed by atoms with Gasteiger partial charge in [0, 0.05) is 21.3 Å². The van der Waals surface area contributed by atoms with E-state index in [-0.39, 0.29) is 0 Å². The molecule has 0 fully saturated rings. The average Bonchev–Trinajstić information content (AvgIpc) is 2.10. The molecular weight excluding hydrogens is 150 g/mol. The minimum absolute atomic E-state index is 0.514. The Hall–Kier alpha value is 0.542. The monoisotopic (exact) mass is 168 g/mol. The van der Waals surface area contributed by atoms with Crippen LogP contribution in [-0.2, 0) is 14.0 Å². The first-order valence-corrected chi connectivity index (χ1v) is 4.35. The second-order valence-electron chi connectivity index (χ2n) is 2.35. The summed E-state index contributed by atoms with van der Waals surface area (Å²) in [5.74, 6) is 0. The third kappa shape index (κ3) is 13.2. The van der Waals surface area contributed by atoms with Gasteiger partial charge in [0.25, 0.3) is 0 Å². The van der Waals surface area contributed by atoms with Crippen molar-refractivity contribution in [2.75, 3.05) is 21.3 Å². The molecule has 0 saturated heterocycles. The van der Waals surface area contributed by atoms with E-state index in [2.05, 4.69) is 38.6 Å². The summed E-state index contributed by atoms with van der Waals surface area (Å²) in [6, 6.07) is 0. The summed E-state index contributed by atoms with van der Waals surface area (Å²) in [6.45, 7) is 2.21. The first-order chi connectivity index (χ1) is 5.76. The summed E-state index contributed by atoms with van der Waals surface area (Å²) in [6.07, 6.45) is 2.73. The number of rotatable bonds is 5. The molecule has 0 amide bonds. The maximum atomic E-state index is 4.60. The summed E-state index contributed by atoms with van der Waals surface area (Å²) >= 11 is 2.21. The fourth-order valence-corrected chi connectivity index (χ4v) is 0.642. The predicted octanol–water partition coefficient (Wildman–Crippen LogP) is 1.28. The maximum absolute atomic E-state index is 4.60. The Kier molecular flexibility index (Phi) is 17.7. The summed E-state index contributed by atoms with van der Waals surface area (Å²) < 4.78 is 13.8. The molecule has 3 nitrogen and oxygen atoms in total. The van der Waals surface area contributed by atoms with Crippen molar-refractivity contribution in [3.8, 4) is 0 Å². The van der Waals surface area contributed by atoms with Crippen molar-refractivity contribution in [2.45, 2.75) is 24.9 Å². The van der Waals surface area contributed by atoms with Crippen LogP contribution < -0.4 is 0 Å². The van der Waals surface area contributed by atoms with E-state index < -0.39 is 7.32 Å². The van der Waals surface area contributed by atoms with Crippen molar-refractivity contribution in [1.29, 1.82) is 0 Å². The Morgan fingerprint density at radius 1 is 1.08 bits per heavy atom. The van der Waals surface area contributed by atoms with E-state index in [1.807, 2.05) is 0 Å². The quantitative estimate of drug-likeness (QED) is 0.578. The molecule has 0 aliphatic heterocycles. The van der Waals surface area contributed by atoms with E-state index in [0.717, 1.165) is 0 Å². The summed E-state index contributed by atoms with van der Waals surface area (Å²) in [5.41, 5.74) is 0. The fourth-order valence-electron chi connectivity index (χ4n) is 0.642. The molecule has 0 saturated carbocycles. The van der Waals surface area contributed by atoms with Gasteiger partial charge in [0.2, 0.25) is 0 Å². The Bertz CT molecular complexity index is 64.2. The van der Waals surface area contributed by atoms with Crippen LogP contribution >= 0.6 is 0 Å². The van der Waals surface area contributed by atoms with E-state index >= 15 is 0 Å². The fraction of sp³-hybridized carbons (Fsp3) is 1.00. The zero-order valence-corrected chi connectivity index (χ0v) is 8.92. The second kappa shape index (κ2) is 14.1. The number of hydrogen-bond acceptors (Lipinski definition) is 3. The minimum atomic E-state index is -0.514. The van der Waals surface area contributed by atoms with Crippen LogP contribution in [0.15, 0.2) is 0 Å². The van der Waals surface area contributed by atoms with Crippen molar-refractivity contribution in [3.63, 3.8) is 0 Å². The standard InChI is InChI=1S/C4H9.C3H9BO3.Li/c1-3-4-2;1-5-4(6-2)7-3;/h1,3-4H2,2H3;1-3H3;. The van der Waals surface area contributed by atoms with E-state index in [4.69, 9.17) is 0 Å². The van der Waals surface area contributed by atoms with Crippen molar-refractivity contribution < 1.29 is 14.0 Å². The molecule has 12 heavy (non-hydrogen) atoms. The van der Waals surface area contributed by atoms with Gasteiger partial charge in [-0.1, -0.05) is 0 Å². The Morgan fingerprint density at radius 2 is 1.50 bits per heavy atom. The van der Waals surface area contributed by atoms with E-state index in [1.165, 1.54) is 39.3 Å². The van der Waals surface area contributed by atoms with Crippen LogP contribution in [0.25, 0.3) is 0 Å². The van der Waals surface area contributed by atoms with Crippen LogP contribution in [0.5, 0.6) is 0 Å². The average molecular weight is 168 g/mol. The third-order valence-corrected chi connectivity index (χ3v) is 1.28. The van der Waals surface area contributed by atoms with E-state index in [9.17, 15) is 0 Å². The molecule has 0 aromatic carbocycles. The van der Waals surface area contributed by atoms with E-state index in [0.29, 0.717) is 0 Å². The molecule has 0 N–H and O–H groups in total. The van der Waals surface area contributed by atoms with Gasteiger partial charge in [-0.25, -0.2) is 0 Å². The molecule has 0 heterocycles. The van der Waals surface area contributed by atoms with Crippen LogP contribution in [0.4, 0.5) is 0 Å². The molecule has 68 valence electrons. The summed E-state index contributed by atoms with van der Waals surface area (Å²) in [7, 11) is 4.02. The van der Waals surface area contributed by atoms with Crippen molar-refractivity contribution in [2.24, 2.45) is 0 Å². The number of hydrogen-bond donors (Lipinski definition) is 0. The normalized spacial score (nSPS) is 8.83. The molecule has 0 aliphatic rings. The van der Waals surface area contributed by atoms with Crippen molar-refractivity contribution in [1.82, 2.24) is 0 Å². The first kappa shape index (κ1) is 15.0. The first-order valence-electron chi connectivity index (χ1n) is 4.35. The van der Waals surface area contributed by atoms with E-state index in [1.54, 1.807) is 0 Å². The number of unbranched alkanes of at least 4 members (excludes halogenated alkanes) is 1. The Balaban J connectivity index is 0. The Morgan fingerprint density at radius 3 is 1.50 bits per heavy atom. The Labute approximate surface area is 85.5 Å². The van der Waals surface area contributed by atoms with Crippen LogP contribution in [0.2, 0.25) is 5.09 Å². The van der Waals surface area contributed by atoms with Crippen LogP contribution in [0, 0.1) is 0 Å². The zero-order valence-electron chi connectivity index (χ0n) is 8.92. The van der Waals surface area contributed by atoms with Crippen LogP contribution in [-0.4, -0.2) is 46.4 Å². The molecule has 0 spiro atoms. The SMILES string of the molecule is COB(OC)OC.[Li][CH2]CCC. The summed E-state index contributed by atoms with van der Waals surface area (Å²) in [5, 5.41) is 1.34. The van der Waals surface area contributed by atoms with Gasteiger partial charge in [-0.3, -0.25) is 0 Å². The van der Waals surface area contributed by atoms with Gasteiger partial charge >= 0.3 is 49.9 Å². The molecule has 0 aromatic rings. The third-order valence-electron chi connectivity index (χ3n) is 1.28. The van der Waals surface area contributed by atoms with Gasteiger partial charge < -0.3 is 14.0 Å². The van der Waals surface area contributed by atoms with Crippen LogP contribution in [0.1, 0.15) is 19.8 Å². The van der Waals surface area contributed by atoms with Gasteiger partial charge in [0.15, 0.2) is 0 Å². The molecule has 0 radical (unpaired) electrons. The molecule has 0 bridgehead atoms. The molecule has 0 atom stereocenters. The van der Waals surface area contributed by atoms with Crippen LogP contribution in [0.3, 0.4) is 0 Å². The molecule has 5 heteroatoms. The summed E-state index contributed by atoms with van der Waals surface area (Å²) in [4.78, 5) is 0. The second-order valence-corrected chi connectivity index (χ2v) is 2.35. The predicted molar refractivity (Wildman–Crippen MR) is 52.3 cm³/mol. The zero-order chi connectivity index (χ0) is 9.82. The molecular formula is C7H18BLiO3. The molecule has 0 aromatic heterocycles. The van der Waals surface area contributed by atoms with Gasteiger partial charge in [0.1, 0.15) is 0 Å². The van der Waals surface area contributed by atoms with Gasteiger partial charge in [-0.15, -0.1) is 0 Å². The van der Waals surface area contributed by atoms with Gasteiger partial charge in [-0.2, -0.15) is 0 Å². The van der Waals surface area contributed by atoms with Crippen molar-refractivity contribution in [3.05, 3.63) is 0 Å². The van der Waals surface area contributed by atoms with Gasteiger partial charge in [0.05, 0.1) is 0 Å².